The first kappa shape index (κ1) is 14.9. The van der Waals surface area contributed by atoms with Crippen LogP contribution in [0.4, 0.5) is 5.82 Å². The van der Waals surface area contributed by atoms with Crippen LogP contribution in [0, 0.1) is 5.92 Å². The average molecular weight is 252 g/mol. The molecule has 1 rings (SSSR count). The van der Waals surface area contributed by atoms with E-state index in [1.807, 2.05) is 18.3 Å². The van der Waals surface area contributed by atoms with Gasteiger partial charge in [-0.05, 0) is 17.5 Å². The maximum absolute atomic E-state index is 5.29. The number of anilines is 1. The second-order valence-electron chi connectivity index (χ2n) is 4.82. The Morgan fingerprint density at radius 2 is 2.22 bits per heavy atom. The number of hydrazine groups is 1. The summed E-state index contributed by atoms with van der Waals surface area (Å²) in [5.74, 6) is 6.62. The molecule has 0 unspecified atom stereocenters. The van der Waals surface area contributed by atoms with Crippen molar-refractivity contribution in [3.8, 4) is 0 Å². The second kappa shape index (κ2) is 8.02. The van der Waals surface area contributed by atoms with Crippen LogP contribution >= 0.6 is 0 Å². The third-order valence-corrected chi connectivity index (χ3v) is 2.61. The van der Waals surface area contributed by atoms with Crippen LogP contribution in [-0.4, -0.2) is 36.7 Å². The van der Waals surface area contributed by atoms with Gasteiger partial charge in [-0.1, -0.05) is 19.9 Å². The van der Waals surface area contributed by atoms with Gasteiger partial charge in [0.2, 0.25) is 0 Å². The topological polar surface area (TPSA) is 63.4 Å². The number of rotatable bonds is 8. The zero-order valence-electron chi connectivity index (χ0n) is 11.5. The van der Waals surface area contributed by atoms with Crippen LogP contribution in [0.2, 0.25) is 0 Å². The number of aromatic nitrogens is 1. The predicted octanol–water partition coefficient (Wildman–Crippen LogP) is 1.47. The van der Waals surface area contributed by atoms with E-state index in [0.29, 0.717) is 11.7 Å². The molecule has 0 aliphatic rings. The number of ether oxygens (including phenoxy) is 1. The third-order valence-electron chi connectivity index (χ3n) is 2.61. The quantitative estimate of drug-likeness (QED) is 0.542. The highest BCUT2D eigenvalue weighted by molar-refractivity contribution is 5.33. The number of nitrogens with two attached hydrogens (primary N) is 1. The number of hydrogen-bond acceptors (Lipinski definition) is 5. The number of nitrogen functional groups attached to an aromatic ring is 1. The van der Waals surface area contributed by atoms with E-state index >= 15 is 0 Å². The first-order valence-corrected chi connectivity index (χ1v) is 6.28. The molecular formula is C13H24N4O. The molecule has 102 valence electrons. The summed E-state index contributed by atoms with van der Waals surface area (Å²) in [7, 11) is 1.73. The molecule has 0 amide bonds. The Morgan fingerprint density at radius 1 is 1.44 bits per heavy atom. The number of nitrogens with one attached hydrogen (secondary N) is 1. The lowest BCUT2D eigenvalue weighted by atomic mass is 10.2. The number of hydrogen-bond donors (Lipinski definition) is 2. The lowest BCUT2D eigenvalue weighted by molar-refractivity contribution is 0.136. The zero-order chi connectivity index (χ0) is 13.4. The van der Waals surface area contributed by atoms with Crippen LogP contribution in [0.3, 0.4) is 0 Å². The minimum atomic E-state index is 0.639. The standard InChI is InChI=1S/C13H24N4O/c1-11(2)9-17(6-7-18-3)10-12-4-5-13(16-14)15-8-12/h4-5,8,11H,6-7,9-10,14H2,1-3H3,(H,15,16). The van der Waals surface area contributed by atoms with Crippen molar-refractivity contribution in [1.29, 1.82) is 0 Å². The first-order valence-electron chi connectivity index (χ1n) is 6.28. The van der Waals surface area contributed by atoms with Crippen LogP contribution in [0.5, 0.6) is 0 Å². The Hall–Kier alpha value is -1.17. The van der Waals surface area contributed by atoms with Gasteiger partial charge >= 0.3 is 0 Å². The van der Waals surface area contributed by atoms with Gasteiger partial charge in [-0.25, -0.2) is 10.8 Å². The van der Waals surface area contributed by atoms with Crippen molar-refractivity contribution in [3.05, 3.63) is 23.9 Å². The minimum absolute atomic E-state index is 0.639. The maximum atomic E-state index is 5.29. The smallest absolute Gasteiger partial charge is 0.139 e. The molecule has 0 bridgehead atoms. The summed E-state index contributed by atoms with van der Waals surface area (Å²) in [6.07, 6.45) is 1.86. The van der Waals surface area contributed by atoms with Gasteiger partial charge in [0.1, 0.15) is 5.82 Å². The van der Waals surface area contributed by atoms with E-state index in [2.05, 4.69) is 29.2 Å². The van der Waals surface area contributed by atoms with Gasteiger partial charge < -0.3 is 10.2 Å². The van der Waals surface area contributed by atoms with E-state index in [4.69, 9.17) is 10.6 Å². The molecule has 1 heterocycles. The van der Waals surface area contributed by atoms with Crippen LogP contribution in [0.1, 0.15) is 19.4 Å². The molecule has 5 nitrogen and oxygen atoms in total. The molecule has 18 heavy (non-hydrogen) atoms. The summed E-state index contributed by atoms with van der Waals surface area (Å²) >= 11 is 0. The van der Waals surface area contributed by atoms with Crippen molar-refractivity contribution >= 4 is 5.82 Å². The van der Waals surface area contributed by atoms with E-state index in [0.717, 1.165) is 26.2 Å². The fraction of sp³-hybridized carbons (Fsp3) is 0.615. The predicted molar refractivity (Wildman–Crippen MR) is 74.0 cm³/mol. The zero-order valence-corrected chi connectivity index (χ0v) is 11.5. The largest absolute Gasteiger partial charge is 0.383 e. The Labute approximate surface area is 109 Å². The maximum Gasteiger partial charge on any atom is 0.139 e. The van der Waals surface area contributed by atoms with Gasteiger partial charge in [0.15, 0.2) is 0 Å². The molecule has 0 fully saturated rings. The molecule has 0 aliphatic carbocycles. The van der Waals surface area contributed by atoms with Crippen LogP contribution in [-0.2, 0) is 11.3 Å². The van der Waals surface area contributed by atoms with Gasteiger partial charge in [0.25, 0.3) is 0 Å². The summed E-state index contributed by atoms with van der Waals surface area (Å²) in [5, 5.41) is 0. The Balaban J connectivity index is 2.56. The van der Waals surface area contributed by atoms with Crippen molar-refractivity contribution in [2.24, 2.45) is 11.8 Å². The molecule has 0 spiro atoms. The molecule has 0 radical (unpaired) electrons. The molecular weight excluding hydrogens is 228 g/mol. The second-order valence-corrected chi connectivity index (χ2v) is 4.82. The summed E-state index contributed by atoms with van der Waals surface area (Å²) in [4.78, 5) is 6.59. The summed E-state index contributed by atoms with van der Waals surface area (Å²) in [5.41, 5.74) is 3.72. The Kier molecular flexibility index (Phi) is 6.64. The van der Waals surface area contributed by atoms with Crippen molar-refractivity contribution in [3.63, 3.8) is 0 Å². The molecule has 0 saturated heterocycles. The summed E-state index contributed by atoms with van der Waals surface area (Å²) in [6.45, 7) is 8.08. The molecule has 1 aromatic rings. The fourth-order valence-corrected chi connectivity index (χ4v) is 1.83. The van der Waals surface area contributed by atoms with E-state index in [1.54, 1.807) is 7.11 Å². The minimum Gasteiger partial charge on any atom is -0.383 e. The highest BCUT2D eigenvalue weighted by atomic mass is 16.5. The summed E-state index contributed by atoms with van der Waals surface area (Å²) < 4.78 is 5.14. The highest BCUT2D eigenvalue weighted by Gasteiger charge is 2.08. The van der Waals surface area contributed by atoms with Crippen LogP contribution < -0.4 is 11.3 Å². The average Bonchev–Trinajstić information content (AvgIpc) is 2.36. The number of pyridine rings is 1. The Morgan fingerprint density at radius 3 is 2.72 bits per heavy atom. The fourth-order valence-electron chi connectivity index (χ4n) is 1.83. The molecule has 0 aromatic carbocycles. The molecule has 0 atom stereocenters. The monoisotopic (exact) mass is 252 g/mol. The highest BCUT2D eigenvalue weighted by Crippen LogP contribution is 2.08. The number of methoxy groups -OCH3 is 1. The van der Waals surface area contributed by atoms with Crippen LogP contribution in [0.15, 0.2) is 18.3 Å². The Bertz CT molecular complexity index is 326. The first-order chi connectivity index (χ1) is 8.65. The SMILES string of the molecule is COCCN(Cc1ccc(NN)nc1)CC(C)C. The van der Waals surface area contributed by atoms with Gasteiger partial charge in [-0.2, -0.15) is 0 Å². The van der Waals surface area contributed by atoms with E-state index in [9.17, 15) is 0 Å². The van der Waals surface area contributed by atoms with Gasteiger partial charge in [-0.15, -0.1) is 0 Å². The number of nitrogens with zero attached hydrogens (tertiary/aromatic N) is 2. The lowest BCUT2D eigenvalue weighted by Gasteiger charge is -2.23. The van der Waals surface area contributed by atoms with Gasteiger partial charge in [0, 0.05) is 32.9 Å². The molecule has 0 aliphatic heterocycles. The van der Waals surface area contributed by atoms with Crippen molar-refractivity contribution in [2.45, 2.75) is 20.4 Å². The van der Waals surface area contributed by atoms with Crippen molar-refractivity contribution in [1.82, 2.24) is 9.88 Å². The lowest BCUT2D eigenvalue weighted by Crippen LogP contribution is -2.30. The van der Waals surface area contributed by atoms with Gasteiger partial charge in [0.05, 0.1) is 6.61 Å². The van der Waals surface area contributed by atoms with E-state index in [1.165, 1.54) is 5.56 Å². The van der Waals surface area contributed by atoms with E-state index in [-0.39, 0.29) is 0 Å². The molecule has 3 N–H and O–H groups in total. The molecule has 5 heteroatoms. The third kappa shape index (κ3) is 5.44. The van der Waals surface area contributed by atoms with Crippen molar-refractivity contribution in [2.75, 3.05) is 32.2 Å². The summed E-state index contributed by atoms with van der Waals surface area (Å²) in [6, 6.07) is 3.93. The molecule has 0 saturated carbocycles. The van der Waals surface area contributed by atoms with Gasteiger partial charge in [-0.3, -0.25) is 4.90 Å². The molecule has 1 aromatic heterocycles. The van der Waals surface area contributed by atoms with Crippen molar-refractivity contribution < 1.29 is 4.74 Å². The van der Waals surface area contributed by atoms with Crippen LogP contribution in [0.25, 0.3) is 0 Å². The normalized spacial score (nSPS) is 11.2. The van der Waals surface area contributed by atoms with E-state index < -0.39 is 0 Å².